The maximum absolute atomic E-state index is 13.1. The number of nitrogens with two attached hydrogens (primary N) is 1. The molecule has 9 nitrogen and oxygen atoms in total. The van der Waals surface area contributed by atoms with Crippen molar-refractivity contribution in [2.24, 2.45) is 0 Å². The van der Waals surface area contributed by atoms with Gasteiger partial charge in [-0.2, -0.15) is 10.2 Å². The molecule has 0 fully saturated rings. The zero-order chi connectivity index (χ0) is 22.8. The molecular formula is C20H15BF2N4O5. The van der Waals surface area contributed by atoms with Crippen LogP contribution in [0.1, 0.15) is 12.2 Å². The van der Waals surface area contributed by atoms with Crippen LogP contribution in [-0.2, 0) is 9.45 Å². The lowest BCUT2D eigenvalue weighted by Crippen LogP contribution is -2.34. The van der Waals surface area contributed by atoms with Crippen LogP contribution in [0.15, 0.2) is 47.1 Å². The fraction of sp³-hybridized carbons (Fsp3) is 0.100. The van der Waals surface area contributed by atoms with Gasteiger partial charge in [0.25, 0.3) is 12.9 Å². The predicted molar refractivity (Wildman–Crippen MR) is 111 cm³/mol. The summed E-state index contributed by atoms with van der Waals surface area (Å²) in [5, 5.41) is 18.8. The lowest BCUT2D eigenvalue weighted by Gasteiger charge is -2.15. The highest BCUT2D eigenvalue weighted by atomic mass is 19.3. The van der Waals surface area contributed by atoms with Gasteiger partial charge in [-0.15, -0.1) is 0 Å². The monoisotopic (exact) mass is 440 g/mol. The maximum Gasteiger partial charge on any atom is 0.565 e. The number of fused-ring (bicyclic) bond motifs is 1. The average molecular weight is 440 g/mol. The molecule has 4 aromatic rings. The summed E-state index contributed by atoms with van der Waals surface area (Å²) in [6, 6.07) is 8.05. The van der Waals surface area contributed by atoms with E-state index in [-0.39, 0.29) is 23.6 Å². The molecule has 2 aromatic carbocycles. The number of nitrogens with zero attached hydrogens (tertiary/aromatic N) is 3. The fourth-order valence-electron chi connectivity index (χ4n) is 3.27. The third kappa shape index (κ3) is 3.83. The molecule has 162 valence electrons. The van der Waals surface area contributed by atoms with E-state index in [1.54, 1.807) is 18.2 Å². The summed E-state index contributed by atoms with van der Waals surface area (Å²) in [5.41, 5.74) is 8.25. The highest BCUT2D eigenvalue weighted by Crippen LogP contribution is 2.36. The van der Waals surface area contributed by atoms with Crippen LogP contribution in [0.2, 0.25) is 0 Å². The zero-order valence-electron chi connectivity index (χ0n) is 16.5. The topological polar surface area (TPSA) is 134 Å². The number of nitrogen functional groups attached to an aromatic ring is 1. The molecule has 0 unspecified atom stereocenters. The van der Waals surface area contributed by atoms with Crippen molar-refractivity contribution in [3.8, 4) is 28.3 Å². The molecule has 0 atom stereocenters. The minimum atomic E-state index is -2.84. The number of halogens is 2. The second-order valence-electron chi connectivity index (χ2n) is 6.62. The lowest BCUT2D eigenvalue weighted by molar-refractivity contribution is -0.121. The molecule has 0 bridgehead atoms. The number of oxazole rings is 1. The Bertz CT molecular complexity index is 1300. The summed E-state index contributed by atoms with van der Waals surface area (Å²) in [6.07, 6.45) is -0.492. The van der Waals surface area contributed by atoms with Crippen molar-refractivity contribution in [3.63, 3.8) is 0 Å². The molecule has 12 heteroatoms. The Balaban J connectivity index is 1.97. The maximum atomic E-state index is 13.1. The first-order valence-electron chi connectivity index (χ1n) is 9.17. The molecule has 2 aromatic heterocycles. The number of rotatable bonds is 7. The second-order valence-corrected chi connectivity index (χ2v) is 6.62. The van der Waals surface area contributed by atoms with Crippen LogP contribution in [-0.4, -0.2) is 40.9 Å². The van der Waals surface area contributed by atoms with Gasteiger partial charge in [0, 0.05) is 16.4 Å². The lowest BCUT2D eigenvalue weighted by atomic mass is 9.76. The number of hydrogen-bond donors (Lipinski definition) is 2. The van der Waals surface area contributed by atoms with E-state index >= 15 is 0 Å². The Kier molecular flexibility index (Phi) is 5.69. The van der Waals surface area contributed by atoms with Gasteiger partial charge in [-0.05, 0) is 35.4 Å². The Hall–Kier alpha value is -4.06. The third-order valence-electron chi connectivity index (χ3n) is 4.77. The van der Waals surface area contributed by atoms with Crippen molar-refractivity contribution >= 4 is 35.6 Å². The van der Waals surface area contributed by atoms with Crippen molar-refractivity contribution in [1.29, 1.82) is 0 Å². The van der Waals surface area contributed by atoms with Crippen LogP contribution in [0.4, 0.5) is 14.5 Å². The van der Waals surface area contributed by atoms with Gasteiger partial charge in [-0.25, -0.2) is 13.8 Å². The minimum Gasteiger partial charge on any atom is -0.508 e. The van der Waals surface area contributed by atoms with E-state index in [1.165, 1.54) is 25.4 Å². The van der Waals surface area contributed by atoms with Crippen molar-refractivity contribution in [3.05, 3.63) is 48.5 Å². The second kappa shape index (κ2) is 8.59. The molecule has 0 saturated heterocycles. The van der Waals surface area contributed by atoms with Gasteiger partial charge in [0.1, 0.15) is 5.75 Å². The summed E-state index contributed by atoms with van der Waals surface area (Å²) in [6.45, 7) is 0.0923. The van der Waals surface area contributed by atoms with Crippen molar-refractivity contribution in [2.75, 3.05) is 12.8 Å². The summed E-state index contributed by atoms with van der Waals surface area (Å²) >= 11 is 0. The van der Waals surface area contributed by atoms with Gasteiger partial charge in [-0.1, -0.05) is 6.07 Å². The van der Waals surface area contributed by atoms with Crippen LogP contribution in [0.25, 0.3) is 33.5 Å². The molecule has 0 saturated carbocycles. The Morgan fingerprint density at radius 3 is 2.72 bits per heavy atom. The number of aromatic nitrogens is 3. The number of anilines is 1. The summed E-state index contributed by atoms with van der Waals surface area (Å²) in [5.74, 6) is -0.570. The molecule has 0 aliphatic rings. The number of carbonyl (C=O) groups is 1. The molecule has 0 aliphatic carbocycles. The van der Waals surface area contributed by atoms with Gasteiger partial charge in [-0.3, -0.25) is 4.79 Å². The molecule has 3 N–H and O–H groups in total. The van der Waals surface area contributed by atoms with Gasteiger partial charge in [0.05, 0.1) is 30.7 Å². The third-order valence-corrected chi connectivity index (χ3v) is 4.77. The molecule has 2 heterocycles. The number of alkyl halides is 2. The SMILES string of the molecule is COc1cc(-c2ncc(C(F)F)o2)c(-c2ccc3c(N)cnnc3c2)cc1B(O)OC=O. The Morgan fingerprint density at radius 2 is 2.03 bits per heavy atom. The molecule has 0 amide bonds. The standard InChI is InChI=1S/C20H15BF2N4O5/c1-30-17-6-13(20-25-8-18(32-20)19(22)23)12(5-14(17)21(29)31-9-28)10-2-3-11-15(24)7-26-27-16(11)4-10/h2-9,19,29H,1H3,(H2,24,27). The van der Waals surface area contributed by atoms with Crippen molar-refractivity contribution in [1.82, 2.24) is 15.2 Å². The van der Waals surface area contributed by atoms with Crippen LogP contribution in [0, 0.1) is 0 Å². The van der Waals surface area contributed by atoms with E-state index in [1.807, 2.05) is 0 Å². The summed E-state index contributed by atoms with van der Waals surface area (Å²) in [4.78, 5) is 14.7. The van der Waals surface area contributed by atoms with Crippen LogP contribution < -0.4 is 15.9 Å². The van der Waals surface area contributed by atoms with Crippen molar-refractivity contribution in [2.45, 2.75) is 6.43 Å². The van der Waals surface area contributed by atoms with Crippen molar-refractivity contribution < 1.29 is 32.4 Å². The number of methoxy groups -OCH3 is 1. The summed E-state index contributed by atoms with van der Waals surface area (Å²) in [7, 11) is -0.294. The first kappa shape index (κ1) is 21.2. The number of benzene rings is 2. The highest BCUT2D eigenvalue weighted by molar-refractivity contribution is 6.62. The molecular weight excluding hydrogens is 425 g/mol. The Morgan fingerprint density at radius 1 is 1.22 bits per heavy atom. The normalized spacial score (nSPS) is 11.0. The number of hydrogen-bond acceptors (Lipinski definition) is 9. The molecule has 32 heavy (non-hydrogen) atoms. The number of ether oxygens (including phenoxy) is 1. The van der Waals surface area contributed by atoms with Crippen LogP contribution in [0.3, 0.4) is 0 Å². The van der Waals surface area contributed by atoms with Gasteiger partial charge >= 0.3 is 7.12 Å². The number of carbonyl (C=O) groups excluding carboxylic acids is 1. The first-order valence-corrected chi connectivity index (χ1v) is 9.17. The molecule has 0 aliphatic heterocycles. The van der Waals surface area contributed by atoms with Gasteiger partial charge < -0.3 is 24.6 Å². The predicted octanol–water partition coefficient (Wildman–Crippen LogP) is 2.34. The molecule has 0 radical (unpaired) electrons. The van der Waals surface area contributed by atoms with E-state index in [0.717, 1.165) is 6.20 Å². The largest absolute Gasteiger partial charge is 0.565 e. The smallest absolute Gasteiger partial charge is 0.508 e. The average Bonchev–Trinajstić information content (AvgIpc) is 3.29. The Labute approximate surface area is 179 Å². The van der Waals surface area contributed by atoms with Gasteiger partial charge in [0.15, 0.2) is 5.76 Å². The van der Waals surface area contributed by atoms with E-state index in [4.69, 9.17) is 14.9 Å². The van der Waals surface area contributed by atoms with Crippen LogP contribution in [0.5, 0.6) is 5.75 Å². The van der Waals surface area contributed by atoms with E-state index in [2.05, 4.69) is 19.8 Å². The molecule has 4 rings (SSSR count). The summed E-state index contributed by atoms with van der Waals surface area (Å²) < 4.78 is 41.3. The van der Waals surface area contributed by atoms with E-state index in [0.29, 0.717) is 33.3 Å². The minimum absolute atomic E-state index is 0.0923. The van der Waals surface area contributed by atoms with E-state index < -0.39 is 19.3 Å². The van der Waals surface area contributed by atoms with E-state index in [9.17, 15) is 18.6 Å². The van der Waals surface area contributed by atoms with Crippen LogP contribution >= 0.6 is 0 Å². The first-order chi connectivity index (χ1) is 15.4. The zero-order valence-corrected chi connectivity index (χ0v) is 16.5. The fourth-order valence-corrected chi connectivity index (χ4v) is 3.27. The highest BCUT2D eigenvalue weighted by Gasteiger charge is 2.27. The van der Waals surface area contributed by atoms with Gasteiger partial charge in [0.2, 0.25) is 5.89 Å². The molecule has 0 spiro atoms. The quantitative estimate of drug-likeness (QED) is 0.328.